The highest BCUT2D eigenvalue weighted by atomic mass is 32.1. The van der Waals surface area contributed by atoms with E-state index in [1.807, 2.05) is 56.3 Å². The predicted octanol–water partition coefficient (Wildman–Crippen LogP) is 5.09. The van der Waals surface area contributed by atoms with Crippen molar-refractivity contribution in [1.29, 1.82) is 0 Å². The van der Waals surface area contributed by atoms with Crippen LogP contribution in [-0.4, -0.2) is 20.9 Å². The molecule has 1 N–H and O–H groups in total. The third-order valence-electron chi connectivity index (χ3n) is 5.60. The van der Waals surface area contributed by atoms with Gasteiger partial charge in [-0.3, -0.25) is 9.78 Å². The molecule has 1 aliphatic rings. The summed E-state index contributed by atoms with van der Waals surface area (Å²) in [5.74, 6) is 2.08. The highest BCUT2D eigenvalue weighted by Gasteiger charge is 2.28. The van der Waals surface area contributed by atoms with E-state index < -0.39 is 0 Å². The molecule has 0 aliphatic heterocycles. The summed E-state index contributed by atoms with van der Waals surface area (Å²) < 4.78 is 5.84. The molecule has 0 spiro atoms. The molecule has 0 atom stereocenters. The van der Waals surface area contributed by atoms with Gasteiger partial charge < -0.3 is 10.1 Å². The van der Waals surface area contributed by atoms with Crippen LogP contribution in [0.5, 0.6) is 5.75 Å². The van der Waals surface area contributed by atoms with Gasteiger partial charge in [0.25, 0.3) is 5.91 Å². The summed E-state index contributed by atoms with van der Waals surface area (Å²) in [6.07, 6.45) is 4.07. The Morgan fingerprint density at radius 2 is 2.03 bits per heavy atom. The van der Waals surface area contributed by atoms with E-state index in [1.54, 1.807) is 6.20 Å². The number of amides is 1. The van der Waals surface area contributed by atoms with Gasteiger partial charge in [0.05, 0.1) is 16.3 Å². The number of hydrogen-bond acceptors (Lipinski definition) is 6. The molecule has 5 rings (SSSR count). The van der Waals surface area contributed by atoms with E-state index in [0.29, 0.717) is 23.9 Å². The second-order valence-electron chi connectivity index (χ2n) is 8.12. The molecule has 1 aliphatic carbocycles. The first-order valence-electron chi connectivity index (χ1n) is 10.8. The number of carbonyl (C=O) groups is 1. The fourth-order valence-electron chi connectivity index (χ4n) is 3.75. The first-order chi connectivity index (χ1) is 15.6. The molecule has 32 heavy (non-hydrogen) atoms. The fourth-order valence-corrected chi connectivity index (χ4v) is 4.90. The average Bonchev–Trinajstić information content (AvgIpc) is 3.60. The van der Waals surface area contributed by atoms with Crippen molar-refractivity contribution in [3.8, 4) is 5.75 Å². The molecule has 1 aromatic carbocycles. The van der Waals surface area contributed by atoms with Gasteiger partial charge in [-0.05, 0) is 62.1 Å². The Morgan fingerprint density at radius 3 is 2.81 bits per heavy atom. The average molecular weight is 445 g/mol. The molecule has 0 radical (unpaired) electrons. The number of aryl methyl sites for hydroxylation is 2. The van der Waals surface area contributed by atoms with Gasteiger partial charge >= 0.3 is 0 Å². The Labute approximate surface area is 190 Å². The summed E-state index contributed by atoms with van der Waals surface area (Å²) in [5, 5.41) is 4.05. The molecular weight excluding hydrogens is 420 g/mol. The molecule has 3 aromatic heterocycles. The quantitative estimate of drug-likeness (QED) is 0.430. The second-order valence-corrected chi connectivity index (χ2v) is 9.12. The van der Waals surface area contributed by atoms with Crippen LogP contribution < -0.4 is 10.1 Å². The molecule has 1 saturated carbocycles. The van der Waals surface area contributed by atoms with Gasteiger partial charge in [-0.2, -0.15) is 0 Å². The Bertz CT molecular complexity index is 1280. The molecule has 1 fully saturated rings. The van der Waals surface area contributed by atoms with Crippen molar-refractivity contribution in [2.45, 2.75) is 45.8 Å². The largest absolute Gasteiger partial charge is 0.487 e. The van der Waals surface area contributed by atoms with Crippen LogP contribution in [0, 0.1) is 13.8 Å². The van der Waals surface area contributed by atoms with Gasteiger partial charge in [0.15, 0.2) is 0 Å². The molecule has 0 bridgehead atoms. The number of benzene rings is 1. The Kier molecular flexibility index (Phi) is 5.57. The third-order valence-corrected chi connectivity index (χ3v) is 6.79. The molecule has 7 heteroatoms. The molecule has 3 heterocycles. The summed E-state index contributed by atoms with van der Waals surface area (Å²) in [7, 11) is 0. The van der Waals surface area contributed by atoms with Crippen LogP contribution in [0.3, 0.4) is 0 Å². The van der Waals surface area contributed by atoms with Gasteiger partial charge in [-0.1, -0.05) is 18.2 Å². The number of aromatic nitrogens is 3. The van der Waals surface area contributed by atoms with Crippen molar-refractivity contribution >= 4 is 27.5 Å². The lowest BCUT2D eigenvalue weighted by molar-refractivity contribution is 0.0954. The highest BCUT2D eigenvalue weighted by molar-refractivity contribution is 7.20. The lowest BCUT2D eigenvalue weighted by atomic mass is 10.1. The van der Waals surface area contributed by atoms with E-state index in [9.17, 15) is 4.79 Å². The smallest absolute Gasteiger partial charge is 0.261 e. The van der Waals surface area contributed by atoms with Crippen molar-refractivity contribution in [2.75, 3.05) is 0 Å². The van der Waals surface area contributed by atoms with E-state index in [-0.39, 0.29) is 5.91 Å². The van der Waals surface area contributed by atoms with Gasteiger partial charge in [-0.15, -0.1) is 11.3 Å². The highest BCUT2D eigenvalue weighted by Crippen LogP contribution is 2.40. The zero-order valence-electron chi connectivity index (χ0n) is 18.1. The Balaban J connectivity index is 1.27. The maximum absolute atomic E-state index is 13.0. The summed E-state index contributed by atoms with van der Waals surface area (Å²) in [6.45, 7) is 4.81. The summed E-state index contributed by atoms with van der Waals surface area (Å²) >= 11 is 1.45. The number of carbonyl (C=O) groups excluding carboxylic acids is 1. The minimum absolute atomic E-state index is 0.0855. The van der Waals surface area contributed by atoms with Crippen molar-refractivity contribution in [3.05, 3.63) is 81.9 Å². The first-order valence-corrected chi connectivity index (χ1v) is 11.6. The Hall–Kier alpha value is -3.32. The van der Waals surface area contributed by atoms with Crippen molar-refractivity contribution in [1.82, 2.24) is 20.3 Å². The molecule has 1 amide bonds. The van der Waals surface area contributed by atoms with Gasteiger partial charge in [0.1, 0.15) is 23.0 Å². The molecule has 162 valence electrons. The molecule has 0 saturated heterocycles. The summed E-state index contributed by atoms with van der Waals surface area (Å²) in [5.41, 5.74) is 3.76. The van der Waals surface area contributed by atoms with E-state index in [2.05, 4.69) is 15.3 Å². The van der Waals surface area contributed by atoms with Crippen molar-refractivity contribution in [2.24, 2.45) is 0 Å². The minimum atomic E-state index is -0.0855. The van der Waals surface area contributed by atoms with Crippen molar-refractivity contribution < 1.29 is 9.53 Å². The number of thiophene rings is 1. The van der Waals surface area contributed by atoms with Crippen LogP contribution in [0.1, 0.15) is 56.8 Å². The predicted molar refractivity (Wildman–Crippen MR) is 125 cm³/mol. The van der Waals surface area contributed by atoms with Crippen LogP contribution in [0.25, 0.3) is 10.2 Å². The molecule has 0 unspecified atom stereocenters. The number of pyridine rings is 1. The number of ether oxygens (including phenoxy) is 1. The monoisotopic (exact) mass is 444 g/mol. The number of nitrogens with one attached hydrogen (secondary N) is 1. The lowest BCUT2D eigenvalue weighted by Gasteiger charge is -2.09. The van der Waals surface area contributed by atoms with Crippen LogP contribution in [-0.2, 0) is 13.2 Å². The summed E-state index contributed by atoms with van der Waals surface area (Å²) in [4.78, 5) is 28.3. The number of rotatable bonds is 7. The van der Waals surface area contributed by atoms with Gasteiger partial charge in [0, 0.05) is 24.0 Å². The van der Waals surface area contributed by atoms with Crippen LogP contribution in [0.2, 0.25) is 0 Å². The number of hydrogen-bond donors (Lipinski definition) is 1. The van der Waals surface area contributed by atoms with E-state index in [1.165, 1.54) is 11.3 Å². The standard InChI is InChI=1S/C25H24N4O2S/c1-15-21-16(2)28-23(18-9-10-18)29-25(21)32-22(15)24(30)27-13-17-6-5-8-20(12-17)31-14-19-7-3-4-11-26-19/h3-8,11-12,18H,9-10,13-14H2,1-2H3,(H,27,30). The van der Waals surface area contributed by atoms with Crippen LogP contribution in [0.4, 0.5) is 0 Å². The molecule has 6 nitrogen and oxygen atoms in total. The number of fused-ring (bicyclic) bond motifs is 1. The summed E-state index contributed by atoms with van der Waals surface area (Å²) in [6, 6.07) is 13.5. The van der Waals surface area contributed by atoms with Crippen molar-refractivity contribution in [3.63, 3.8) is 0 Å². The minimum Gasteiger partial charge on any atom is -0.487 e. The van der Waals surface area contributed by atoms with E-state index >= 15 is 0 Å². The first kappa shape index (κ1) is 20.6. The lowest BCUT2D eigenvalue weighted by Crippen LogP contribution is -2.22. The zero-order chi connectivity index (χ0) is 22.1. The normalized spacial score (nSPS) is 13.3. The Morgan fingerprint density at radius 1 is 1.16 bits per heavy atom. The topological polar surface area (TPSA) is 77.0 Å². The zero-order valence-corrected chi connectivity index (χ0v) is 18.9. The SMILES string of the molecule is Cc1nc(C2CC2)nc2sc(C(=O)NCc3cccc(OCc4ccccn4)c3)c(C)c12. The third kappa shape index (κ3) is 4.34. The maximum atomic E-state index is 13.0. The number of nitrogens with zero attached hydrogens (tertiary/aromatic N) is 3. The van der Waals surface area contributed by atoms with Crippen LogP contribution in [0.15, 0.2) is 48.7 Å². The molecule has 4 aromatic rings. The molecular formula is C25H24N4O2S. The van der Waals surface area contributed by atoms with Gasteiger partial charge in [-0.25, -0.2) is 9.97 Å². The van der Waals surface area contributed by atoms with E-state index in [4.69, 9.17) is 9.72 Å². The fraction of sp³-hybridized carbons (Fsp3) is 0.280. The second kappa shape index (κ2) is 8.67. The van der Waals surface area contributed by atoms with E-state index in [0.717, 1.165) is 57.1 Å². The van der Waals surface area contributed by atoms with Crippen LogP contribution >= 0.6 is 11.3 Å². The van der Waals surface area contributed by atoms with Gasteiger partial charge in [0.2, 0.25) is 0 Å². The maximum Gasteiger partial charge on any atom is 0.261 e.